The van der Waals surface area contributed by atoms with Gasteiger partial charge in [-0.1, -0.05) is 0 Å². The van der Waals surface area contributed by atoms with Crippen molar-refractivity contribution < 1.29 is 0 Å². The summed E-state index contributed by atoms with van der Waals surface area (Å²) in [6.07, 6.45) is 8.44. The summed E-state index contributed by atoms with van der Waals surface area (Å²) in [5, 5.41) is 0. The topological polar surface area (TPSA) is 68.8 Å². The van der Waals surface area contributed by atoms with Crippen LogP contribution in [0.4, 0.5) is 0 Å². The van der Waals surface area contributed by atoms with Crippen LogP contribution in [0.5, 0.6) is 0 Å². The van der Waals surface area contributed by atoms with Crippen LogP contribution in [0.25, 0.3) is 11.3 Å². The minimum Gasteiger partial charge on any atom is -0.334 e. The molecule has 2 aromatic heterocycles. The van der Waals surface area contributed by atoms with Gasteiger partial charge < -0.3 is 4.57 Å². The van der Waals surface area contributed by atoms with Gasteiger partial charge in [0.15, 0.2) is 0 Å². The zero-order valence-corrected chi connectivity index (χ0v) is 9.87. The maximum Gasteiger partial charge on any atom is 0.0956 e. The maximum absolute atomic E-state index is 5.27. The van der Waals surface area contributed by atoms with E-state index in [1.54, 1.807) is 6.20 Å². The molecular formula is C12H17N5. The highest BCUT2D eigenvalue weighted by molar-refractivity contribution is 5.56. The molecule has 0 aromatic carbocycles. The third-order valence-electron chi connectivity index (χ3n) is 2.77. The summed E-state index contributed by atoms with van der Waals surface area (Å²) in [5.41, 5.74) is 4.65. The molecule has 17 heavy (non-hydrogen) atoms. The minimum absolute atomic E-state index is 0.379. The highest BCUT2D eigenvalue weighted by Crippen LogP contribution is 2.18. The SMILES string of the molecule is C[C@H](CCNN)n1cnc(-c2cccnc2)c1. The van der Waals surface area contributed by atoms with E-state index in [0.717, 1.165) is 24.2 Å². The summed E-state index contributed by atoms with van der Waals surface area (Å²) in [5.74, 6) is 5.27. The molecule has 0 saturated carbocycles. The first-order chi connectivity index (χ1) is 8.31. The fourth-order valence-corrected chi connectivity index (χ4v) is 1.68. The Balaban J connectivity index is 2.11. The van der Waals surface area contributed by atoms with E-state index in [-0.39, 0.29) is 0 Å². The van der Waals surface area contributed by atoms with E-state index in [4.69, 9.17) is 5.84 Å². The first-order valence-electron chi connectivity index (χ1n) is 5.68. The molecule has 2 heterocycles. The zero-order chi connectivity index (χ0) is 12.1. The van der Waals surface area contributed by atoms with Gasteiger partial charge in [-0.15, -0.1) is 0 Å². The van der Waals surface area contributed by atoms with Crippen LogP contribution in [0.3, 0.4) is 0 Å². The van der Waals surface area contributed by atoms with Crippen molar-refractivity contribution in [2.45, 2.75) is 19.4 Å². The standard InChI is InChI=1S/C12H17N5/c1-10(4-6-16-13)17-8-12(15-9-17)11-3-2-5-14-7-11/h2-3,5,7-10,16H,4,6,13H2,1H3/t10-/m1/s1. The highest BCUT2D eigenvalue weighted by Gasteiger charge is 2.07. The number of nitrogens with one attached hydrogen (secondary N) is 1. The molecule has 0 saturated heterocycles. The summed E-state index contributed by atoms with van der Waals surface area (Å²) in [6.45, 7) is 2.94. The molecule has 0 amide bonds. The fourth-order valence-electron chi connectivity index (χ4n) is 1.68. The van der Waals surface area contributed by atoms with Gasteiger partial charge in [0.1, 0.15) is 0 Å². The van der Waals surface area contributed by atoms with Crippen molar-refractivity contribution in [1.29, 1.82) is 0 Å². The average molecular weight is 231 g/mol. The second kappa shape index (κ2) is 5.56. The maximum atomic E-state index is 5.27. The summed E-state index contributed by atoms with van der Waals surface area (Å²) < 4.78 is 2.10. The molecule has 0 radical (unpaired) electrons. The van der Waals surface area contributed by atoms with Crippen LogP contribution in [-0.2, 0) is 0 Å². The monoisotopic (exact) mass is 231 g/mol. The number of rotatable bonds is 5. The largest absolute Gasteiger partial charge is 0.334 e. The van der Waals surface area contributed by atoms with Crippen molar-refractivity contribution in [3.8, 4) is 11.3 Å². The van der Waals surface area contributed by atoms with Crippen LogP contribution in [0.15, 0.2) is 37.1 Å². The van der Waals surface area contributed by atoms with Gasteiger partial charge in [-0.2, -0.15) is 0 Å². The average Bonchev–Trinajstić information content (AvgIpc) is 2.86. The summed E-state index contributed by atoms with van der Waals surface area (Å²) in [6, 6.07) is 4.30. The van der Waals surface area contributed by atoms with Crippen molar-refractivity contribution in [3.63, 3.8) is 0 Å². The smallest absolute Gasteiger partial charge is 0.0956 e. The molecule has 0 aliphatic heterocycles. The van der Waals surface area contributed by atoms with Crippen LogP contribution < -0.4 is 11.3 Å². The lowest BCUT2D eigenvalue weighted by molar-refractivity contribution is 0.487. The van der Waals surface area contributed by atoms with Crippen LogP contribution in [0.2, 0.25) is 0 Å². The third-order valence-corrected chi connectivity index (χ3v) is 2.77. The van der Waals surface area contributed by atoms with E-state index in [9.17, 15) is 0 Å². The van der Waals surface area contributed by atoms with Gasteiger partial charge >= 0.3 is 0 Å². The number of nitrogens with two attached hydrogens (primary N) is 1. The molecule has 3 N–H and O–H groups in total. The Morgan fingerprint density at radius 1 is 1.53 bits per heavy atom. The molecule has 5 heteroatoms. The number of imidazole rings is 1. The van der Waals surface area contributed by atoms with Crippen LogP contribution in [0, 0.1) is 0 Å². The normalized spacial score (nSPS) is 12.6. The predicted molar refractivity (Wildman–Crippen MR) is 67.0 cm³/mol. The van der Waals surface area contributed by atoms with Gasteiger partial charge in [-0.3, -0.25) is 16.3 Å². The van der Waals surface area contributed by atoms with Gasteiger partial charge in [0.05, 0.1) is 12.0 Å². The molecule has 2 aromatic rings. The second-order valence-corrected chi connectivity index (χ2v) is 4.04. The number of hydrazine groups is 1. The molecule has 0 bridgehead atoms. The highest BCUT2D eigenvalue weighted by atomic mass is 15.2. The Labute approximate surface area is 101 Å². The lowest BCUT2D eigenvalue weighted by Gasteiger charge is -2.11. The number of hydrogen-bond donors (Lipinski definition) is 2. The molecular weight excluding hydrogens is 214 g/mol. The van der Waals surface area contributed by atoms with Crippen molar-refractivity contribution >= 4 is 0 Å². The lowest BCUT2D eigenvalue weighted by atomic mass is 10.2. The van der Waals surface area contributed by atoms with E-state index in [0.29, 0.717) is 6.04 Å². The summed E-state index contributed by atoms with van der Waals surface area (Å²) in [7, 11) is 0. The number of nitrogens with zero attached hydrogens (tertiary/aromatic N) is 3. The first kappa shape index (κ1) is 11.8. The van der Waals surface area contributed by atoms with Gasteiger partial charge in [-0.25, -0.2) is 4.98 Å². The van der Waals surface area contributed by atoms with Crippen LogP contribution >= 0.6 is 0 Å². The summed E-state index contributed by atoms with van der Waals surface area (Å²) in [4.78, 5) is 8.48. The Kier molecular flexibility index (Phi) is 3.85. The molecule has 5 nitrogen and oxygen atoms in total. The van der Waals surface area contributed by atoms with E-state index < -0.39 is 0 Å². The molecule has 1 atom stereocenters. The Bertz CT molecular complexity index is 451. The minimum atomic E-state index is 0.379. The van der Waals surface area contributed by atoms with E-state index in [1.165, 1.54) is 0 Å². The van der Waals surface area contributed by atoms with Crippen molar-refractivity contribution in [3.05, 3.63) is 37.1 Å². The second-order valence-electron chi connectivity index (χ2n) is 4.04. The van der Waals surface area contributed by atoms with Crippen LogP contribution in [0.1, 0.15) is 19.4 Å². The third kappa shape index (κ3) is 2.89. The number of pyridine rings is 1. The first-order valence-corrected chi connectivity index (χ1v) is 5.68. The van der Waals surface area contributed by atoms with Crippen molar-refractivity contribution in [2.75, 3.05) is 6.54 Å². The zero-order valence-electron chi connectivity index (χ0n) is 9.87. The van der Waals surface area contributed by atoms with Crippen molar-refractivity contribution in [2.24, 2.45) is 5.84 Å². The molecule has 0 spiro atoms. The van der Waals surface area contributed by atoms with Crippen LogP contribution in [-0.4, -0.2) is 21.1 Å². The van der Waals surface area contributed by atoms with Gasteiger partial charge in [-0.05, 0) is 25.5 Å². The molecule has 0 unspecified atom stereocenters. The Hall–Kier alpha value is -1.72. The van der Waals surface area contributed by atoms with E-state index in [1.807, 2.05) is 30.9 Å². The molecule has 0 fully saturated rings. The van der Waals surface area contributed by atoms with Gasteiger partial charge in [0.25, 0.3) is 0 Å². The quantitative estimate of drug-likeness (QED) is 0.602. The lowest BCUT2D eigenvalue weighted by Crippen LogP contribution is -2.24. The molecule has 2 rings (SSSR count). The summed E-state index contributed by atoms with van der Waals surface area (Å²) >= 11 is 0. The predicted octanol–water partition coefficient (Wildman–Crippen LogP) is 1.36. The Morgan fingerprint density at radius 3 is 3.12 bits per heavy atom. The molecule has 90 valence electrons. The van der Waals surface area contributed by atoms with E-state index in [2.05, 4.69) is 26.9 Å². The molecule has 0 aliphatic carbocycles. The van der Waals surface area contributed by atoms with Crippen molar-refractivity contribution in [1.82, 2.24) is 20.0 Å². The number of hydrogen-bond acceptors (Lipinski definition) is 4. The molecule has 0 aliphatic rings. The van der Waals surface area contributed by atoms with E-state index >= 15 is 0 Å². The van der Waals surface area contributed by atoms with Gasteiger partial charge in [0, 0.05) is 36.7 Å². The Morgan fingerprint density at radius 2 is 2.41 bits per heavy atom. The number of aromatic nitrogens is 3. The van der Waals surface area contributed by atoms with Gasteiger partial charge in [0.2, 0.25) is 0 Å². The fraction of sp³-hybridized carbons (Fsp3) is 0.333.